The van der Waals surface area contributed by atoms with Crippen LogP contribution in [-0.4, -0.2) is 11.1 Å². The summed E-state index contributed by atoms with van der Waals surface area (Å²) in [5, 5.41) is 9.49. The molecule has 98 valence electrons. The molecule has 0 fully saturated rings. The Kier molecular flexibility index (Phi) is 4.08. The molecular weight excluding hydrogens is 290 g/mol. The maximum Gasteiger partial charge on any atom is 0.307 e. The summed E-state index contributed by atoms with van der Waals surface area (Å²) in [5.74, 6) is -1.67. The smallest absolute Gasteiger partial charge is 0.307 e. The second kappa shape index (κ2) is 5.59. The third-order valence-corrected chi connectivity index (χ3v) is 3.28. The highest BCUT2D eigenvalue weighted by Crippen LogP contribution is 2.35. The van der Waals surface area contributed by atoms with Gasteiger partial charge in [0.1, 0.15) is 5.82 Å². The largest absolute Gasteiger partial charge is 0.481 e. The summed E-state index contributed by atoms with van der Waals surface area (Å²) < 4.78 is 13.8. The first kappa shape index (κ1) is 13.8. The van der Waals surface area contributed by atoms with Crippen molar-refractivity contribution in [2.75, 3.05) is 0 Å². The quantitative estimate of drug-likeness (QED) is 0.910. The fourth-order valence-electron chi connectivity index (χ4n) is 1.78. The van der Waals surface area contributed by atoms with Crippen LogP contribution in [-0.2, 0) is 11.2 Å². The van der Waals surface area contributed by atoms with E-state index in [1.54, 1.807) is 24.3 Å². The van der Waals surface area contributed by atoms with E-state index in [1.807, 2.05) is 0 Å². The van der Waals surface area contributed by atoms with Crippen LogP contribution in [0.4, 0.5) is 4.39 Å². The molecule has 0 unspecified atom stereocenters. The van der Waals surface area contributed by atoms with Crippen molar-refractivity contribution >= 4 is 29.2 Å². The standard InChI is InChI=1S/C14H9Cl2FO2/c15-10-2-1-3-11(16)14(10)9-5-4-8(7-13(18)19)12(17)6-9/h1-6H,7H2,(H,18,19). The predicted octanol–water partition coefficient (Wildman–Crippen LogP) is 4.43. The number of hydrogen-bond donors (Lipinski definition) is 1. The van der Waals surface area contributed by atoms with E-state index in [0.29, 0.717) is 21.2 Å². The first-order chi connectivity index (χ1) is 8.99. The minimum Gasteiger partial charge on any atom is -0.481 e. The van der Waals surface area contributed by atoms with Crippen LogP contribution in [0.15, 0.2) is 36.4 Å². The molecule has 2 rings (SSSR count). The number of carboxylic acids is 1. The van der Waals surface area contributed by atoms with Crippen molar-refractivity contribution in [3.05, 3.63) is 57.8 Å². The van der Waals surface area contributed by atoms with Crippen LogP contribution < -0.4 is 0 Å². The molecular formula is C14H9Cl2FO2. The summed E-state index contributed by atoms with van der Waals surface area (Å²) >= 11 is 12.1. The second-order valence-corrected chi connectivity index (χ2v) is 4.79. The topological polar surface area (TPSA) is 37.3 Å². The summed E-state index contributed by atoms with van der Waals surface area (Å²) in [5.41, 5.74) is 1.17. The van der Waals surface area contributed by atoms with Crippen LogP contribution in [0.3, 0.4) is 0 Å². The monoisotopic (exact) mass is 298 g/mol. The molecule has 0 bridgehead atoms. The van der Waals surface area contributed by atoms with Crippen molar-refractivity contribution in [1.82, 2.24) is 0 Å². The lowest BCUT2D eigenvalue weighted by atomic mass is 10.0. The fraction of sp³-hybridized carbons (Fsp3) is 0.0714. The Bertz CT molecular complexity index is 621. The number of hydrogen-bond acceptors (Lipinski definition) is 1. The highest BCUT2D eigenvalue weighted by atomic mass is 35.5. The van der Waals surface area contributed by atoms with E-state index in [9.17, 15) is 9.18 Å². The molecule has 0 amide bonds. The van der Waals surface area contributed by atoms with E-state index in [2.05, 4.69) is 0 Å². The molecule has 2 aromatic carbocycles. The van der Waals surface area contributed by atoms with Crippen molar-refractivity contribution in [2.45, 2.75) is 6.42 Å². The molecule has 0 radical (unpaired) electrons. The molecule has 0 aromatic heterocycles. The SMILES string of the molecule is O=C(O)Cc1ccc(-c2c(Cl)cccc2Cl)cc1F. The molecule has 2 nitrogen and oxygen atoms in total. The van der Waals surface area contributed by atoms with Gasteiger partial charge >= 0.3 is 5.97 Å². The molecule has 0 saturated heterocycles. The zero-order valence-electron chi connectivity index (χ0n) is 9.66. The second-order valence-electron chi connectivity index (χ2n) is 3.97. The van der Waals surface area contributed by atoms with Crippen molar-refractivity contribution in [1.29, 1.82) is 0 Å². The average Bonchev–Trinajstić information content (AvgIpc) is 2.32. The van der Waals surface area contributed by atoms with E-state index < -0.39 is 11.8 Å². The lowest BCUT2D eigenvalue weighted by Gasteiger charge is -2.08. The number of aliphatic carboxylic acids is 1. The molecule has 19 heavy (non-hydrogen) atoms. The van der Waals surface area contributed by atoms with E-state index in [0.717, 1.165) is 0 Å². The predicted molar refractivity (Wildman–Crippen MR) is 73.2 cm³/mol. The molecule has 1 N–H and O–H groups in total. The van der Waals surface area contributed by atoms with Crippen LogP contribution >= 0.6 is 23.2 Å². The van der Waals surface area contributed by atoms with Gasteiger partial charge in [-0.05, 0) is 29.3 Å². The molecule has 0 atom stereocenters. The third kappa shape index (κ3) is 3.06. The van der Waals surface area contributed by atoms with Crippen molar-refractivity contribution in [3.63, 3.8) is 0 Å². The van der Waals surface area contributed by atoms with E-state index in [1.165, 1.54) is 12.1 Å². The summed E-state index contributed by atoms with van der Waals surface area (Å²) in [6, 6.07) is 9.29. The van der Waals surface area contributed by atoms with Gasteiger partial charge in [-0.15, -0.1) is 0 Å². The molecule has 0 aliphatic rings. The van der Waals surface area contributed by atoms with Crippen LogP contribution in [0.5, 0.6) is 0 Å². The Morgan fingerprint density at radius 1 is 1.16 bits per heavy atom. The van der Waals surface area contributed by atoms with Gasteiger partial charge in [-0.25, -0.2) is 4.39 Å². The number of carbonyl (C=O) groups is 1. The fourth-order valence-corrected chi connectivity index (χ4v) is 2.40. The highest BCUT2D eigenvalue weighted by Gasteiger charge is 2.12. The molecule has 0 aliphatic carbocycles. The summed E-state index contributed by atoms with van der Waals surface area (Å²) in [4.78, 5) is 10.6. The van der Waals surface area contributed by atoms with E-state index in [-0.39, 0.29) is 12.0 Å². The van der Waals surface area contributed by atoms with Crippen molar-refractivity contribution < 1.29 is 14.3 Å². The highest BCUT2D eigenvalue weighted by molar-refractivity contribution is 6.39. The lowest BCUT2D eigenvalue weighted by Crippen LogP contribution is -2.02. The molecule has 0 aliphatic heterocycles. The number of rotatable bonds is 3. The van der Waals surface area contributed by atoms with Gasteiger partial charge in [0.15, 0.2) is 0 Å². The minimum atomic E-state index is -1.08. The van der Waals surface area contributed by atoms with Gasteiger partial charge in [-0.1, -0.05) is 41.4 Å². The number of halogens is 3. The van der Waals surface area contributed by atoms with Crippen LogP contribution in [0.2, 0.25) is 10.0 Å². The van der Waals surface area contributed by atoms with Crippen molar-refractivity contribution in [3.8, 4) is 11.1 Å². The van der Waals surface area contributed by atoms with Gasteiger partial charge in [-0.3, -0.25) is 4.79 Å². The van der Waals surface area contributed by atoms with Crippen LogP contribution in [0.1, 0.15) is 5.56 Å². The maximum atomic E-state index is 13.8. The van der Waals surface area contributed by atoms with Gasteiger partial charge in [0.2, 0.25) is 0 Å². The van der Waals surface area contributed by atoms with Gasteiger partial charge in [-0.2, -0.15) is 0 Å². The maximum absolute atomic E-state index is 13.8. The molecule has 0 heterocycles. The Labute approximate surface area is 119 Å². The van der Waals surface area contributed by atoms with Crippen LogP contribution in [0, 0.1) is 5.82 Å². The molecule has 0 spiro atoms. The summed E-state index contributed by atoms with van der Waals surface area (Å²) in [7, 11) is 0. The van der Waals surface area contributed by atoms with Gasteiger partial charge in [0.05, 0.1) is 6.42 Å². The first-order valence-electron chi connectivity index (χ1n) is 5.43. The lowest BCUT2D eigenvalue weighted by molar-refractivity contribution is -0.136. The number of benzene rings is 2. The van der Waals surface area contributed by atoms with Gasteiger partial charge in [0, 0.05) is 15.6 Å². The third-order valence-electron chi connectivity index (χ3n) is 2.65. The van der Waals surface area contributed by atoms with Crippen LogP contribution in [0.25, 0.3) is 11.1 Å². The first-order valence-corrected chi connectivity index (χ1v) is 6.19. The Balaban J connectivity index is 2.48. The summed E-state index contributed by atoms with van der Waals surface area (Å²) in [6.07, 6.45) is -0.359. The Morgan fingerprint density at radius 2 is 1.79 bits per heavy atom. The average molecular weight is 299 g/mol. The molecule has 0 saturated carbocycles. The summed E-state index contributed by atoms with van der Waals surface area (Å²) in [6.45, 7) is 0. The zero-order valence-corrected chi connectivity index (χ0v) is 11.2. The Hall–Kier alpha value is -1.58. The van der Waals surface area contributed by atoms with E-state index in [4.69, 9.17) is 28.3 Å². The normalized spacial score (nSPS) is 10.5. The minimum absolute atomic E-state index is 0.124. The number of carboxylic acid groups (broad SMARTS) is 1. The molecule has 5 heteroatoms. The zero-order chi connectivity index (χ0) is 14.0. The molecule has 2 aromatic rings. The van der Waals surface area contributed by atoms with E-state index >= 15 is 0 Å². The Morgan fingerprint density at radius 3 is 2.32 bits per heavy atom. The van der Waals surface area contributed by atoms with Gasteiger partial charge in [0.25, 0.3) is 0 Å². The van der Waals surface area contributed by atoms with Gasteiger partial charge < -0.3 is 5.11 Å². The van der Waals surface area contributed by atoms with Crippen molar-refractivity contribution in [2.24, 2.45) is 0 Å².